The molecule has 0 amide bonds. The average Bonchev–Trinajstić information content (AvgIpc) is 3.27. The molecule has 174 valence electrons. The number of carboxylic acids is 1. The van der Waals surface area contributed by atoms with Crippen LogP contribution in [0.15, 0.2) is 34.6 Å². The van der Waals surface area contributed by atoms with E-state index in [4.69, 9.17) is 9.84 Å². The van der Waals surface area contributed by atoms with Crippen LogP contribution in [0.3, 0.4) is 0 Å². The Morgan fingerprint density at radius 2 is 2.00 bits per heavy atom. The molecule has 0 aromatic carbocycles. The number of carbonyl (C=O) groups is 1. The minimum Gasteiger partial charge on any atom is -0.478 e. The van der Waals surface area contributed by atoms with Gasteiger partial charge in [-0.25, -0.2) is 14.8 Å². The highest BCUT2D eigenvalue weighted by Crippen LogP contribution is 2.30. The number of aromatic nitrogens is 3. The number of ether oxygens (including phenoxy) is 1. The van der Waals surface area contributed by atoms with Crippen LogP contribution in [0.4, 0.5) is 19.0 Å². The summed E-state index contributed by atoms with van der Waals surface area (Å²) in [5.74, 6) is -0.814. The van der Waals surface area contributed by atoms with Crippen molar-refractivity contribution >= 4 is 34.8 Å². The van der Waals surface area contributed by atoms with Crippen LogP contribution >= 0.6 is 11.3 Å². The van der Waals surface area contributed by atoms with Gasteiger partial charge in [0.1, 0.15) is 11.5 Å². The highest BCUT2D eigenvalue weighted by molar-refractivity contribution is 7.09. The number of thiazole rings is 1. The van der Waals surface area contributed by atoms with E-state index in [1.165, 1.54) is 16.7 Å². The van der Waals surface area contributed by atoms with Gasteiger partial charge in [0.15, 0.2) is 5.69 Å². The molecule has 1 saturated heterocycles. The van der Waals surface area contributed by atoms with Gasteiger partial charge in [0.05, 0.1) is 23.8 Å². The lowest BCUT2D eigenvalue weighted by molar-refractivity contribution is -0.140. The van der Waals surface area contributed by atoms with E-state index in [1.807, 2.05) is 4.90 Å². The van der Waals surface area contributed by atoms with Crippen LogP contribution < -0.4 is 10.5 Å². The zero-order chi connectivity index (χ0) is 23.6. The largest absolute Gasteiger partial charge is 0.478 e. The lowest BCUT2D eigenvalue weighted by Gasteiger charge is -2.29. The summed E-state index contributed by atoms with van der Waals surface area (Å²) in [7, 11) is 0. The van der Waals surface area contributed by atoms with Crippen LogP contribution in [0, 0.1) is 0 Å². The van der Waals surface area contributed by atoms with Gasteiger partial charge in [0.2, 0.25) is 0 Å². The normalized spacial score (nSPS) is 14.9. The van der Waals surface area contributed by atoms with Crippen LogP contribution in [0.25, 0.3) is 11.7 Å². The fraction of sp³-hybridized carbons (Fsp3) is 0.333. The zero-order valence-electron chi connectivity index (χ0n) is 17.2. The van der Waals surface area contributed by atoms with E-state index < -0.39 is 23.4 Å². The molecule has 33 heavy (non-hydrogen) atoms. The van der Waals surface area contributed by atoms with Crippen molar-refractivity contribution in [3.63, 3.8) is 0 Å². The maximum absolute atomic E-state index is 13.1. The van der Waals surface area contributed by atoms with E-state index in [0.29, 0.717) is 55.6 Å². The SMILES string of the molecule is O=C(O)/C=C/c1c(N2CCOCC2)nc2cc(CCc3nc(C(F)(F)F)cs3)ccn2c1=O. The van der Waals surface area contributed by atoms with Gasteiger partial charge in [-0.15, -0.1) is 11.3 Å². The Morgan fingerprint density at radius 3 is 2.67 bits per heavy atom. The second kappa shape index (κ2) is 9.32. The lowest BCUT2D eigenvalue weighted by atomic mass is 10.1. The van der Waals surface area contributed by atoms with Crippen LogP contribution in [-0.4, -0.2) is 51.7 Å². The third kappa shape index (κ3) is 5.22. The van der Waals surface area contributed by atoms with Crippen LogP contribution in [0.1, 0.15) is 21.8 Å². The number of anilines is 1. The van der Waals surface area contributed by atoms with E-state index in [0.717, 1.165) is 28.4 Å². The fourth-order valence-electron chi connectivity index (χ4n) is 3.46. The molecule has 1 aliphatic rings. The molecule has 12 heteroatoms. The van der Waals surface area contributed by atoms with Gasteiger partial charge in [0, 0.05) is 37.2 Å². The highest BCUT2D eigenvalue weighted by atomic mass is 32.1. The van der Waals surface area contributed by atoms with Crippen molar-refractivity contribution in [3.05, 3.63) is 62.0 Å². The van der Waals surface area contributed by atoms with Gasteiger partial charge in [-0.3, -0.25) is 9.20 Å². The van der Waals surface area contributed by atoms with Crippen LogP contribution in [-0.2, 0) is 28.5 Å². The molecule has 1 N–H and O–H groups in total. The molecule has 0 spiro atoms. The van der Waals surface area contributed by atoms with Crippen molar-refractivity contribution in [1.82, 2.24) is 14.4 Å². The van der Waals surface area contributed by atoms with Gasteiger partial charge < -0.3 is 14.7 Å². The minimum absolute atomic E-state index is 0.159. The molecule has 1 fully saturated rings. The van der Waals surface area contributed by atoms with Crippen LogP contribution in [0.5, 0.6) is 0 Å². The third-order valence-electron chi connectivity index (χ3n) is 5.08. The summed E-state index contributed by atoms with van der Waals surface area (Å²) in [6.07, 6.45) is -0.0623. The maximum atomic E-state index is 13.1. The van der Waals surface area contributed by atoms with Crippen molar-refractivity contribution in [3.8, 4) is 0 Å². The first-order chi connectivity index (χ1) is 15.7. The first-order valence-electron chi connectivity index (χ1n) is 10.0. The molecule has 4 heterocycles. The number of pyridine rings is 1. The molecule has 3 aromatic rings. The third-order valence-corrected chi connectivity index (χ3v) is 5.99. The molecular weight excluding hydrogens is 461 g/mol. The van der Waals surface area contributed by atoms with E-state index >= 15 is 0 Å². The topological polar surface area (TPSA) is 97.0 Å². The molecule has 0 radical (unpaired) electrons. The minimum atomic E-state index is -4.47. The van der Waals surface area contributed by atoms with Crippen LogP contribution in [0.2, 0.25) is 0 Å². The Labute approximate surface area is 189 Å². The van der Waals surface area contributed by atoms with E-state index in [9.17, 15) is 22.8 Å². The standard InChI is InChI=1S/C21H19F3N4O4S/c22-21(23,24)15-12-33-17(25-15)3-1-13-5-6-28-16(11-13)26-19(27-7-9-32-10-8-27)14(20(28)31)2-4-18(29)30/h2,4-6,11-12H,1,3,7-10H2,(H,29,30)/b4-2+. The zero-order valence-corrected chi connectivity index (χ0v) is 18.0. The number of halogens is 3. The Hall–Kier alpha value is -3.25. The maximum Gasteiger partial charge on any atom is 0.434 e. The van der Waals surface area contributed by atoms with Crippen molar-refractivity contribution < 1.29 is 27.8 Å². The number of aliphatic carboxylic acids is 1. The van der Waals surface area contributed by atoms with Gasteiger partial charge in [-0.1, -0.05) is 0 Å². The molecule has 0 bridgehead atoms. The van der Waals surface area contributed by atoms with Crippen molar-refractivity contribution in [1.29, 1.82) is 0 Å². The molecular formula is C21H19F3N4O4S. The fourth-order valence-corrected chi connectivity index (χ4v) is 4.27. The number of carboxylic acid groups (broad SMARTS) is 1. The summed E-state index contributed by atoms with van der Waals surface area (Å²) < 4.78 is 44.9. The molecule has 3 aromatic heterocycles. The number of alkyl halides is 3. The lowest BCUT2D eigenvalue weighted by Crippen LogP contribution is -2.38. The molecule has 4 rings (SSSR count). The second-order valence-corrected chi connectivity index (χ2v) is 8.26. The molecule has 0 atom stereocenters. The quantitative estimate of drug-likeness (QED) is 0.542. The number of rotatable bonds is 6. The highest BCUT2D eigenvalue weighted by Gasteiger charge is 2.33. The molecule has 8 nitrogen and oxygen atoms in total. The number of hydrogen-bond donors (Lipinski definition) is 1. The number of nitrogens with zero attached hydrogens (tertiary/aromatic N) is 4. The number of aryl methyl sites for hydroxylation is 2. The summed E-state index contributed by atoms with van der Waals surface area (Å²) in [6, 6.07) is 3.39. The van der Waals surface area contributed by atoms with E-state index in [-0.39, 0.29) is 5.56 Å². The van der Waals surface area contributed by atoms with Crippen molar-refractivity contribution in [2.75, 3.05) is 31.2 Å². The first-order valence-corrected chi connectivity index (χ1v) is 10.9. The number of fused-ring (bicyclic) bond motifs is 1. The number of hydrogen-bond acceptors (Lipinski definition) is 7. The summed E-state index contributed by atoms with van der Waals surface area (Å²) in [5, 5.41) is 10.4. The Kier molecular flexibility index (Phi) is 6.47. The molecule has 0 saturated carbocycles. The Bertz CT molecular complexity index is 1260. The van der Waals surface area contributed by atoms with Gasteiger partial charge >= 0.3 is 12.1 Å². The van der Waals surface area contributed by atoms with Gasteiger partial charge in [-0.05, 0) is 30.2 Å². The van der Waals surface area contributed by atoms with Crippen molar-refractivity contribution in [2.45, 2.75) is 19.0 Å². The summed E-state index contributed by atoms with van der Waals surface area (Å²) in [4.78, 5) is 34.2. The monoisotopic (exact) mass is 480 g/mol. The van der Waals surface area contributed by atoms with Gasteiger partial charge in [-0.2, -0.15) is 13.2 Å². The predicted molar refractivity (Wildman–Crippen MR) is 116 cm³/mol. The average molecular weight is 480 g/mol. The summed E-state index contributed by atoms with van der Waals surface area (Å²) >= 11 is 0.957. The number of morpholine rings is 1. The van der Waals surface area contributed by atoms with Crippen molar-refractivity contribution in [2.24, 2.45) is 0 Å². The smallest absolute Gasteiger partial charge is 0.434 e. The first kappa shape index (κ1) is 22.9. The van der Waals surface area contributed by atoms with E-state index in [1.54, 1.807) is 12.1 Å². The Balaban J connectivity index is 1.66. The Morgan fingerprint density at radius 1 is 1.24 bits per heavy atom. The van der Waals surface area contributed by atoms with E-state index in [2.05, 4.69) is 9.97 Å². The van der Waals surface area contributed by atoms with Gasteiger partial charge in [0.25, 0.3) is 5.56 Å². The second-order valence-electron chi connectivity index (χ2n) is 7.31. The molecule has 0 aliphatic carbocycles. The summed E-state index contributed by atoms with van der Waals surface area (Å²) in [6.45, 7) is 1.91. The predicted octanol–water partition coefficient (Wildman–Crippen LogP) is 2.89. The molecule has 1 aliphatic heterocycles. The summed E-state index contributed by atoms with van der Waals surface area (Å²) in [5.41, 5.74) is -0.00683. The molecule has 0 unspecified atom stereocenters.